The highest BCUT2D eigenvalue weighted by Gasteiger charge is 2.33. The van der Waals surface area contributed by atoms with E-state index in [9.17, 15) is 13.2 Å². The Morgan fingerprint density at radius 1 is 1.13 bits per heavy atom. The number of halogens is 3. The van der Waals surface area contributed by atoms with Gasteiger partial charge in [-0.1, -0.05) is 12.1 Å². The van der Waals surface area contributed by atoms with E-state index in [2.05, 4.69) is 26.5 Å². The van der Waals surface area contributed by atoms with Gasteiger partial charge in [-0.15, -0.1) is 16.4 Å². The van der Waals surface area contributed by atoms with Gasteiger partial charge in [-0.05, 0) is 40.1 Å². The van der Waals surface area contributed by atoms with Crippen molar-refractivity contribution >= 4 is 17.0 Å². The largest absolute Gasteiger partial charge is 0.416 e. The number of piperazine rings is 1. The van der Waals surface area contributed by atoms with Crippen molar-refractivity contribution in [2.75, 3.05) is 44.8 Å². The second kappa shape index (κ2) is 9.33. The second-order valence-corrected chi connectivity index (χ2v) is 8.22. The van der Waals surface area contributed by atoms with E-state index in [0.717, 1.165) is 16.8 Å². The molecule has 31 heavy (non-hydrogen) atoms. The summed E-state index contributed by atoms with van der Waals surface area (Å²) in [4.78, 5) is 5.40. The number of thiophene rings is 1. The maximum absolute atomic E-state index is 13.1. The summed E-state index contributed by atoms with van der Waals surface area (Å²) in [6.45, 7) is 3.63. The molecule has 11 heteroatoms. The Bertz CT molecular complexity index is 969. The summed E-state index contributed by atoms with van der Waals surface area (Å²) >= 11 is 1.64. The molecule has 0 aliphatic carbocycles. The second-order valence-electron chi connectivity index (χ2n) is 7.24. The van der Waals surface area contributed by atoms with Crippen LogP contribution < -0.4 is 4.90 Å². The third-order valence-electron chi connectivity index (χ3n) is 5.34. The van der Waals surface area contributed by atoms with Crippen LogP contribution >= 0.6 is 11.3 Å². The minimum atomic E-state index is -4.35. The number of hydrogen-bond donors (Lipinski definition) is 0. The lowest BCUT2D eigenvalue weighted by Crippen LogP contribution is -2.48. The molecule has 166 valence electrons. The predicted molar refractivity (Wildman–Crippen MR) is 111 cm³/mol. The van der Waals surface area contributed by atoms with E-state index >= 15 is 0 Å². The molecule has 2 aromatic heterocycles. The fourth-order valence-electron chi connectivity index (χ4n) is 3.78. The number of ether oxygens (including phenoxy) is 1. The van der Waals surface area contributed by atoms with E-state index in [1.165, 1.54) is 12.1 Å². The fraction of sp³-hybridized carbons (Fsp3) is 0.450. The average Bonchev–Trinajstić information content (AvgIpc) is 3.45. The summed E-state index contributed by atoms with van der Waals surface area (Å²) in [5.41, 5.74) is -0.0340. The van der Waals surface area contributed by atoms with Crippen LogP contribution in [0.2, 0.25) is 0 Å². The Hall–Kier alpha value is -2.50. The van der Waals surface area contributed by atoms with E-state index in [1.54, 1.807) is 29.2 Å². The Morgan fingerprint density at radius 3 is 2.61 bits per heavy atom. The zero-order chi connectivity index (χ0) is 21.8. The number of alkyl halides is 3. The first-order valence-corrected chi connectivity index (χ1v) is 10.8. The molecule has 1 saturated heterocycles. The number of nitrogens with zero attached hydrogens (tertiary/aromatic N) is 6. The van der Waals surface area contributed by atoms with Crippen LogP contribution in [0.1, 0.15) is 22.3 Å². The van der Waals surface area contributed by atoms with Crippen molar-refractivity contribution < 1.29 is 17.9 Å². The zero-order valence-electron chi connectivity index (χ0n) is 17.0. The molecule has 3 heterocycles. The van der Waals surface area contributed by atoms with Crippen molar-refractivity contribution in [3.8, 4) is 0 Å². The number of aromatic nitrogens is 4. The topological polar surface area (TPSA) is 59.3 Å². The third-order valence-corrected chi connectivity index (χ3v) is 6.27. The maximum atomic E-state index is 13.1. The molecule has 0 spiro atoms. The van der Waals surface area contributed by atoms with E-state index in [-0.39, 0.29) is 6.04 Å². The molecule has 3 aromatic rings. The summed E-state index contributed by atoms with van der Waals surface area (Å²) < 4.78 is 46.2. The number of anilines is 1. The Balaban J connectivity index is 1.52. The highest BCUT2D eigenvalue weighted by Crippen LogP contribution is 2.34. The van der Waals surface area contributed by atoms with Gasteiger partial charge in [0.05, 0.1) is 18.7 Å². The quantitative estimate of drug-likeness (QED) is 0.548. The minimum absolute atomic E-state index is 0.115. The summed E-state index contributed by atoms with van der Waals surface area (Å²) in [5.74, 6) is 0.743. The average molecular weight is 453 g/mol. The molecule has 0 amide bonds. The lowest BCUT2D eigenvalue weighted by atomic mass is 10.1. The number of methoxy groups -OCH3 is 1. The molecular weight excluding hydrogens is 429 g/mol. The Labute approximate surface area is 182 Å². The monoisotopic (exact) mass is 452 g/mol. The highest BCUT2D eigenvalue weighted by molar-refractivity contribution is 7.10. The molecule has 0 radical (unpaired) electrons. The van der Waals surface area contributed by atoms with Crippen LogP contribution in [-0.2, 0) is 17.5 Å². The number of hydrogen-bond acceptors (Lipinski definition) is 7. The molecule has 1 aliphatic rings. The van der Waals surface area contributed by atoms with Gasteiger partial charge >= 0.3 is 6.18 Å². The number of tetrazole rings is 1. The van der Waals surface area contributed by atoms with Crippen LogP contribution in [0.15, 0.2) is 41.8 Å². The van der Waals surface area contributed by atoms with Crippen LogP contribution in [0.25, 0.3) is 0 Å². The smallest absolute Gasteiger partial charge is 0.383 e. The maximum Gasteiger partial charge on any atom is 0.416 e. The summed E-state index contributed by atoms with van der Waals surface area (Å²) in [6.07, 6.45) is -4.35. The SMILES string of the molecule is COCCn1nnnc1[C@H](c1cccs1)N1CCN(c2cccc(C(F)(F)F)c2)CC1. The van der Waals surface area contributed by atoms with Gasteiger partial charge in [0.15, 0.2) is 5.82 Å². The van der Waals surface area contributed by atoms with Crippen molar-refractivity contribution in [3.05, 3.63) is 58.0 Å². The molecule has 1 aliphatic heterocycles. The zero-order valence-corrected chi connectivity index (χ0v) is 17.8. The van der Waals surface area contributed by atoms with Gasteiger partial charge in [0, 0.05) is 43.9 Å². The molecule has 1 fully saturated rings. The summed E-state index contributed by atoms with van der Waals surface area (Å²) in [5, 5.41) is 14.3. The summed E-state index contributed by atoms with van der Waals surface area (Å²) in [7, 11) is 1.63. The van der Waals surface area contributed by atoms with Gasteiger partial charge in [0.1, 0.15) is 6.04 Å². The van der Waals surface area contributed by atoms with Crippen LogP contribution in [0.3, 0.4) is 0 Å². The van der Waals surface area contributed by atoms with Crippen molar-refractivity contribution in [1.82, 2.24) is 25.1 Å². The molecule has 4 rings (SSSR count). The fourth-order valence-corrected chi connectivity index (χ4v) is 4.63. The van der Waals surface area contributed by atoms with Gasteiger partial charge in [-0.25, -0.2) is 4.68 Å². The minimum Gasteiger partial charge on any atom is -0.383 e. The van der Waals surface area contributed by atoms with E-state index in [4.69, 9.17) is 4.74 Å². The van der Waals surface area contributed by atoms with Crippen LogP contribution in [-0.4, -0.2) is 65.0 Å². The van der Waals surface area contributed by atoms with E-state index < -0.39 is 11.7 Å². The van der Waals surface area contributed by atoms with Gasteiger partial charge in [0.25, 0.3) is 0 Å². The first kappa shape index (κ1) is 21.7. The highest BCUT2D eigenvalue weighted by atomic mass is 32.1. The lowest BCUT2D eigenvalue weighted by molar-refractivity contribution is -0.137. The van der Waals surface area contributed by atoms with Crippen molar-refractivity contribution in [1.29, 1.82) is 0 Å². The van der Waals surface area contributed by atoms with Crippen molar-refractivity contribution in [2.45, 2.75) is 18.8 Å². The van der Waals surface area contributed by atoms with Crippen molar-refractivity contribution in [2.24, 2.45) is 0 Å². The Kier molecular flexibility index (Phi) is 6.54. The normalized spacial score (nSPS) is 16.6. The van der Waals surface area contributed by atoms with Crippen LogP contribution in [0.5, 0.6) is 0 Å². The number of benzene rings is 1. The first-order valence-electron chi connectivity index (χ1n) is 9.92. The number of rotatable bonds is 7. The van der Waals surface area contributed by atoms with Crippen molar-refractivity contribution in [3.63, 3.8) is 0 Å². The molecule has 1 atom stereocenters. The van der Waals surface area contributed by atoms with E-state index in [0.29, 0.717) is 45.0 Å². The molecule has 0 bridgehead atoms. The molecular formula is C20H23F3N6OS. The molecule has 0 saturated carbocycles. The first-order chi connectivity index (χ1) is 15.0. The lowest BCUT2D eigenvalue weighted by Gasteiger charge is -2.39. The Morgan fingerprint density at radius 2 is 1.94 bits per heavy atom. The molecule has 1 aromatic carbocycles. The van der Waals surface area contributed by atoms with E-state index in [1.807, 2.05) is 16.3 Å². The molecule has 0 N–H and O–H groups in total. The van der Waals surface area contributed by atoms with Gasteiger partial charge in [-0.3, -0.25) is 4.90 Å². The molecule has 7 nitrogen and oxygen atoms in total. The van der Waals surface area contributed by atoms with Gasteiger partial charge in [0.2, 0.25) is 0 Å². The van der Waals surface area contributed by atoms with Gasteiger partial charge < -0.3 is 9.64 Å². The predicted octanol–water partition coefficient (Wildman–Crippen LogP) is 3.31. The summed E-state index contributed by atoms with van der Waals surface area (Å²) in [6, 6.07) is 9.45. The van der Waals surface area contributed by atoms with Crippen LogP contribution in [0, 0.1) is 0 Å². The van der Waals surface area contributed by atoms with Crippen LogP contribution in [0.4, 0.5) is 18.9 Å². The standard InChI is InChI=1S/C20H23F3N6OS/c1-30-12-11-29-19(24-25-26-29)18(17-6-3-13-31-17)28-9-7-27(8-10-28)16-5-2-4-15(14-16)20(21,22)23/h2-6,13-14,18H,7-12H2,1H3/t18-/m0/s1. The third kappa shape index (κ3) is 4.89. The molecule has 0 unspecified atom stereocenters. The van der Waals surface area contributed by atoms with Gasteiger partial charge in [-0.2, -0.15) is 13.2 Å².